The largest absolute Gasteiger partial charge is 0.455 e. The molecule has 0 aliphatic rings. The molecule has 0 N–H and O–H groups in total. The first-order chi connectivity index (χ1) is 43.6. The van der Waals surface area contributed by atoms with Crippen LogP contribution in [0.1, 0.15) is 0 Å². The molecule has 0 unspecified atom stereocenters. The van der Waals surface area contributed by atoms with Gasteiger partial charge >= 0.3 is 0 Å². The Balaban J connectivity index is 0.755. The van der Waals surface area contributed by atoms with E-state index in [1.807, 2.05) is 84.9 Å². The Morgan fingerprint density at radius 3 is 1.14 bits per heavy atom. The molecule has 0 spiro atoms. The van der Waals surface area contributed by atoms with Gasteiger partial charge in [0.05, 0.1) is 22.1 Å². The molecule has 0 aliphatic carbocycles. The Labute approximate surface area is 504 Å². The fourth-order valence-corrected chi connectivity index (χ4v) is 13.4. The van der Waals surface area contributed by atoms with Crippen molar-refractivity contribution in [1.29, 1.82) is 0 Å². The van der Waals surface area contributed by atoms with Gasteiger partial charge in [-0.1, -0.05) is 218 Å². The van der Waals surface area contributed by atoms with Crippen LogP contribution < -0.4 is 0 Å². The Morgan fingerprint density at radius 1 is 0.216 bits per heavy atom. The van der Waals surface area contributed by atoms with Crippen molar-refractivity contribution in [2.45, 2.75) is 0 Å². The fraction of sp³-hybridized carbons (Fsp3) is 0. The molecule has 0 bridgehead atoms. The van der Waals surface area contributed by atoms with Gasteiger partial charge in [-0.2, -0.15) is 0 Å². The zero-order valence-electron chi connectivity index (χ0n) is 47.3. The summed E-state index contributed by atoms with van der Waals surface area (Å²) in [5.41, 5.74) is 21.8. The molecule has 0 aliphatic heterocycles. The lowest BCUT2D eigenvalue weighted by Gasteiger charge is -2.12. The van der Waals surface area contributed by atoms with Crippen molar-refractivity contribution in [3.05, 3.63) is 297 Å². The molecular formula is C81H49N5O2. The van der Waals surface area contributed by atoms with Crippen LogP contribution in [-0.4, -0.2) is 24.1 Å². The highest BCUT2D eigenvalue weighted by molar-refractivity contribution is 6.15. The number of hydrogen-bond donors (Lipinski definition) is 0. The van der Waals surface area contributed by atoms with Crippen molar-refractivity contribution in [3.8, 4) is 90.0 Å². The van der Waals surface area contributed by atoms with E-state index in [9.17, 15) is 0 Å². The summed E-state index contributed by atoms with van der Waals surface area (Å²) >= 11 is 0. The van der Waals surface area contributed by atoms with Crippen molar-refractivity contribution in [2.75, 3.05) is 0 Å². The molecule has 0 amide bonds. The zero-order chi connectivity index (χ0) is 57.8. The third-order valence-electron chi connectivity index (χ3n) is 17.6. The van der Waals surface area contributed by atoms with Crippen LogP contribution in [0, 0.1) is 0 Å². The first-order valence-corrected chi connectivity index (χ1v) is 29.7. The number of fused-ring (bicyclic) bond motifs is 12. The van der Waals surface area contributed by atoms with Crippen LogP contribution in [0.2, 0.25) is 0 Å². The van der Waals surface area contributed by atoms with Gasteiger partial charge in [-0.15, -0.1) is 0 Å². The van der Waals surface area contributed by atoms with Crippen LogP contribution in [0.4, 0.5) is 0 Å². The Morgan fingerprint density at radius 2 is 0.591 bits per heavy atom. The first kappa shape index (κ1) is 49.5. The van der Waals surface area contributed by atoms with Gasteiger partial charge in [0.1, 0.15) is 22.3 Å². The Hall–Kier alpha value is -11.9. The van der Waals surface area contributed by atoms with Gasteiger partial charge in [0.2, 0.25) is 0 Å². The normalized spacial score (nSPS) is 11.9. The summed E-state index contributed by atoms with van der Waals surface area (Å²) in [6, 6.07) is 106. The van der Waals surface area contributed by atoms with Gasteiger partial charge in [0, 0.05) is 82.3 Å². The quantitative estimate of drug-likeness (QED) is 0.144. The second kappa shape index (κ2) is 19.8. The van der Waals surface area contributed by atoms with Crippen LogP contribution in [0.3, 0.4) is 0 Å². The number of furan rings is 2. The monoisotopic (exact) mass is 1120 g/mol. The summed E-state index contributed by atoms with van der Waals surface area (Å²) < 4.78 is 17.8. The highest BCUT2D eigenvalue weighted by atomic mass is 16.3. The smallest absolute Gasteiger partial charge is 0.164 e. The van der Waals surface area contributed by atoms with Crippen LogP contribution in [0.25, 0.3) is 178 Å². The first-order valence-electron chi connectivity index (χ1n) is 29.7. The summed E-state index contributed by atoms with van der Waals surface area (Å²) in [5.74, 6) is 1.87. The number of rotatable bonds is 9. The summed E-state index contributed by atoms with van der Waals surface area (Å²) in [7, 11) is 0. The van der Waals surface area contributed by atoms with Gasteiger partial charge in [-0.3, -0.25) is 0 Å². The highest BCUT2D eigenvalue weighted by Crippen LogP contribution is 2.43. The number of para-hydroxylation sites is 5. The standard InChI is InChI=1S/C81H49N5O2/c1-3-16-53(17-4-1)79-82-80(54-18-5-2-6-19-54)84-81(83-79)58-20-13-21-60(46-58)86-71-29-10-7-22-63(71)68-48-56(39-44-72(68)86)57-40-45-74-70(49-57)69-47-55(50-32-34-51(35-33-50)61-25-14-27-66-64-23-8-11-30-75(64)87-77(61)66)38-43-73(69)85(74)59-41-36-52(37-42-59)62-26-15-28-67-65-24-9-12-31-76(65)88-78(62)67/h1-49H. The van der Waals surface area contributed by atoms with E-state index in [1.54, 1.807) is 0 Å². The number of hydrogen-bond acceptors (Lipinski definition) is 5. The molecule has 5 heterocycles. The van der Waals surface area contributed by atoms with Crippen molar-refractivity contribution in [3.63, 3.8) is 0 Å². The topological polar surface area (TPSA) is 74.8 Å². The molecule has 0 atom stereocenters. The van der Waals surface area contributed by atoms with Crippen molar-refractivity contribution >= 4 is 87.5 Å². The van der Waals surface area contributed by atoms with E-state index in [-0.39, 0.29) is 0 Å². The summed E-state index contributed by atoms with van der Waals surface area (Å²) in [4.78, 5) is 15.1. The molecule has 7 heteroatoms. The minimum absolute atomic E-state index is 0.612. The number of benzene rings is 13. The Bertz CT molecular complexity index is 5740. The molecule has 7 nitrogen and oxygen atoms in total. The third kappa shape index (κ3) is 8.02. The number of nitrogens with zero attached hydrogens (tertiary/aromatic N) is 5. The lowest BCUT2D eigenvalue weighted by atomic mass is 9.97. The summed E-state index contributed by atoms with van der Waals surface area (Å²) in [5, 5.41) is 9.17. The SMILES string of the molecule is c1ccc(-c2nc(-c3ccccc3)nc(-c3cccc(-n4c5ccccc5c5cc(-c6ccc7c(c6)c6cc(-c8ccc(-c9cccc%10c9oc9ccccc9%10)cc8)ccc6n7-c6ccc(-c7cccc8c7oc7ccccc78)cc6)ccc54)c3)n2)cc1. The molecule has 5 aromatic heterocycles. The zero-order valence-corrected chi connectivity index (χ0v) is 47.3. The van der Waals surface area contributed by atoms with Crippen molar-refractivity contribution in [1.82, 2.24) is 24.1 Å². The molecular weight excluding hydrogens is 1070 g/mol. The second-order valence-electron chi connectivity index (χ2n) is 22.7. The molecule has 0 fully saturated rings. The molecule has 18 aromatic rings. The lowest BCUT2D eigenvalue weighted by Crippen LogP contribution is -2.01. The fourth-order valence-electron chi connectivity index (χ4n) is 13.4. The highest BCUT2D eigenvalue weighted by Gasteiger charge is 2.21. The van der Waals surface area contributed by atoms with Crippen LogP contribution in [-0.2, 0) is 0 Å². The minimum atomic E-state index is 0.612. The number of aromatic nitrogens is 5. The molecule has 0 saturated carbocycles. The van der Waals surface area contributed by atoms with Gasteiger partial charge in [-0.25, -0.2) is 15.0 Å². The molecule has 0 radical (unpaired) electrons. The summed E-state index contributed by atoms with van der Waals surface area (Å²) in [6.07, 6.45) is 0. The van der Waals surface area contributed by atoms with Gasteiger partial charge in [0.15, 0.2) is 17.5 Å². The lowest BCUT2D eigenvalue weighted by molar-refractivity contribution is 0.669. The van der Waals surface area contributed by atoms with E-state index in [4.69, 9.17) is 23.8 Å². The third-order valence-corrected chi connectivity index (χ3v) is 17.6. The maximum atomic E-state index is 6.51. The maximum Gasteiger partial charge on any atom is 0.164 e. The average Bonchev–Trinajstić information content (AvgIpc) is 2.09. The van der Waals surface area contributed by atoms with E-state index in [1.165, 1.54) is 21.5 Å². The predicted octanol–water partition coefficient (Wildman–Crippen LogP) is 21.5. The van der Waals surface area contributed by atoms with E-state index in [0.717, 1.165) is 139 Å². The van der Waals surface area contributed by atoms with Gasteiger partial charge < -0.3 is 18.0 Å². The predicted molar refractivity (Wildman–Crippen MR) is 361 cm³/mol. The molecule has 0 saturated heterocycles. The van der Waals surface area contributed by atoms with E-state index in [2.05, 4.69) is 221 Å². The van der Waals surface area contributed by atoms with E-state index in [0.29, 0.717) is 17.5 Å². The Kier molecular flexibility index (Phi) is 11.2. The van der Waals surface area contributed by atoms with Crippen LogP contribution in [0.15, 0.2) is 306 Å². The maximum absolute atomic E-state index is 6.51. The molecule has 88 heavy (non-hydrogen) atoms. The van der Waals surface area contributed by atoms with Crippen molar-refractivity contribution < 1.29 is 8.83 Å². The summed E-state index contributed by atoms with van der Waals surface area (Å²) in [6.45, 7) is 0. The second-order valence-corrected chi connectivity index (χ2v) is 22.7. The average molecular weight is 1120 g/mol. The minimum Gasteiger partial charge on any atom is -0.455 e. The van der Waals surface area contributed by atoms with Gasteiger partial charge in [-0.05, 0) is 112 Å². The van der Waals surface area contributed by atoms with E-state index >= 15 is 0 Å². The van der Waals surface area contributed by atoms with Crippen molar-refractivity contribution in [2.24, 2.45) is 0 Å². The molecule has 410 valence electrons. The van der Waals surface area contributed by atoms with Crippen LogP contribution >= 0.6 is 0 Å². The molecule has 18 rings (SSSR count). The molecule has 13 aromatic carbocycles. The van der Waals surface area contributed by atoms with E-state index < -0.39 is 0 Å². The van der Waals surface area contributed by atoms with Gasteiger partial charge in [0.25, 0.3) is 0 Å². The van der Waals surface area contributed by atoms with Crippen LogP contribution in [0.5, 0.6) is 0 Å².